The molecular formula is C13H8ClN2O4-. The van der Waals surface area contributed by atoms with E-state index in [1.54, 1.807) is 0 Å². The van der Waals surface area contributed by atoms with Crippen LogP contribution >= 0.6 is 11.6 Å². The van der Waals surface area contributed by atoms with E-state index in [2.05, 4.69) is 4.99 Å². The Hall–Kier alpha value is -2.60. The molecule has 1 N–H and O–H groups in total. The second-order valence-corrected chi connectivity index (χ2v) is 4.31. The van der Waals surface area contributed by atoms with Crippen molar-refractivity contribution < 1.29 is 15.1 Å². The number of hydrogen-bond donors (Lipinski definition) is 1. The largest absolute Gasteiger partial charge is 0.867 e. The van der Waals surface area contributed by atoms with E-state index in [0.717, 1.165) is 6.07 Å². The Bertz CT molecular complexity index is 684. The molecule has 0 bridgehead atoms. The third-order valence-electron chi connectivity index (χ3n) is 2.46. The molecular weight excluding hydrogens is 284 g/mol. The Balaban J connectivity index is 2.38. The van der Waals surface area contributed by atoms with Crippen LogP contribution in [-0.2, 0) is 0 Å². The van der Waals surface area contributed by atoms with Gasteiger partial charge in [0, 0.05) is 17.3 Å². The van der Waals surface area contributed by atoms with Gasteiger partial charge in [-0.3, -0.25) is 15.1 Å². The monoisotopic (exact) mass is 291 g/mol. The van der Waals surface area contributed by atoms with Crippen LogP contribution in [0.5, 0.6) is 11.5 Å². The van der Waals surface area contributed by atoms with E-state index in [9.17, 15) is 15.2 Å². The van der Waals surface area contributed by atoms with Gasteiger partial charge < -0.3 is 10.2 Å². The summed E-state index contributed by atoms with van der Waals surface area (Å²) in [5.74, 6) is -0.659. The van der Waals surface area contributed by atoms with E-state index in [1.807, 2.05) is 0 Å². The van der Waals surface area contributed by atoms with E-state index in [0.29, 0.717) is 5.69 Å². The minimum absolute atomic E-state index is 0.0253. The number of phenols is 1. The molecule has 0 aromatic heterocycles. The Morgan fingerprint density at radius 1 is 1.25 bits per heavy atom. The highest BCUT2D eigenvalue weighted by Gasteiger charge is 2.11. The van der Waals surface area contributed by atoms with Crippen LogP contribution in [-0.4, -0.2) is 16.2 Å². The van der Waals surface area contributed by atoms with Crippen LogP contribution in [0.3, 0.4) is 0 Å². The first-order valence-electron chi connectivity index (χ1n) is 5.45. The number of hydrogen-bond acceptors (Lipinski definition) is 5. The number of rotatable bonds is 3. The Kier molecular flexibility index (Phi) is 3.86. The normalized spacial score (nSPS) is 10.8. The average Bonchev–Trinajstić information content (AvgIpc) is 2.41. The van der Waals surface area contributed by atoms with Crippen molar-refractivity contribution in [2.75, 3.05) is 0 Å². The highest BCUT2D eigenvalue weighted by molar-refractivity contribution is 6.31. The highest BCUT2D eigenvalue weighted by Crippen LogP contribution is 2.30. The van der Waals surface area contributed by atoms with E-state index < -0.39 is 16.4 Å². The molecule has 7 heteroatoms. The molecule has 0 heterocycles. The van der Waals surface area contributed by atoms with Gasteiger partial charge in [0.05, 0.1) is 10.6 Å². The van der Waals surface area contributed by atoms with Gasteiger partial charge in [-0.05, 0) is 41.6 Å². The zero-order valence-corrected chi connectivity index (χ0v) is 10.7. The molecule has 0 fully saturated rings. The lowest BCUT2D eigenvalue weighted by Gasteiger charge is -2.10. The number of aliphatic imine (C=N–C) groups is 1. The SMILES string of the molecule is O=[N+]([O-])c1cc(Cl)cc(C=Nc2ccc(O)cc2)c1[O-]. The summed E-state index contributed by atoms with van der Waals surface area (Å²) in [4.78, 5) is 13.9. The second-order valence-electron chi connectivity index (χ2n) is 3.87. The summed E-state index contributed by atoms with van der Waals surface area (Å²) in [6.45, 7) is 0. The molecule has 0 spiro atoms. The van der Waals surface area contributed by atoms with Gasteiger partial charge in [-0.2, -0.15) is 0 Å². The van der Waals surface area contributed by atoms with Crippen LogP contribution < -0.4 is 5.11 Å². The summed E-state index contributed by atoms with van der Waals surface area (Å²) >= 11 is 5.73. The van der Waals surface area contributed by atoms with Crippen LogP contribution in [0.4, 0.5) is 11.4 Å². The summed E-state index contributed by atoms with van der Waals surface area (Å²) in [6.07, 6.45) is 1.20. The van der Waals surface area contributed by atoms with E-state index in [1.165, 1.54) is 36.5 Å². The van der Waals surface area contributed by atoms with Crippen molar-refractivity contribution in [2.45, 2.75) is 0 Å². The molecule has 0 aliphatic rings. The van der Waals surface area contributed by atoms with Gasteiger partial charge in [0.1, 0.15) is 5.75 Å². The smallest absolute Gasteiger partial charge is 0.263 e. The highest BCUT2D eigenvalue weighted by atomic mass is 35.5. The van der Waals surface area contributed by atoms with E-state index in [-0.39, 0.29) is 16.3 Å². The fraction of sp³-hybridized carbons (Fsp3) is 0. The molecule has 2 aromatic rings. The third kappa shape index (κ3) is 3.04. The molecule has 0 aliphatic carbocycles. The summed E-state index contributed by atoms with van der Waals surface area (Å²) in [7, 11) is 0. The molecule has 0 amide bonds. The summed E-state index contributed by atoms with van der Waals surface area (Å²) in [6, 6.07) is 8.25. The summed E-state index contributed by atoms with van der Waals surface area (Å²) in [5, 5.41) is 31.7. The summed E-state index contributed by atoms with van der Waals surface area (Å²) < 4.78 is 0. The number of nitro benzene ring substituents is 1. The summed E-state index contributed by atoms with van der Waals surface area (Å²) in [5.41, 5.74) is -0.0771. The van der Waals surface area contributed by atoms with Crippen LogP contribution in [0.1, 0.15) is 5.56 Å². The third-order valence-corrected chi connectivity index (χ3v) is 2.68. The lowest BCUT2D eigenvalue weighted by molar-refractivity contribution is -0.398. The quantitative estimate of drug-likeness (QED) is 0.534. The minimum Gasteiger partial charge on any atom is -0.867 e. The number of halogens is 1. The van der Waals surface area contributed by atoms with Gasteiger partial charge in [-0.25, -0.2) is 0 Å². The molecule has 2 rings (SSSR count). The number of benzene rings is 2. The van der Waals surface area contributed by atoms with Crippen molar-refractivity contribution in [2.24, 2.45) is 4.99 Å². The van der Waals surface area contributed by atoms with Gasteiger partial charge in [-0.15, -0.1) is 0 Å². The average molecular weight is 292 g/mol. The number of nitro groups is 1. The maximum absolute atomic E-state index is 11.8. The molecule has 0 saturated heterocycles. The fourth-order valence-corrected chi connectivity index (χ4v) is 1.73. The number of nitrogens with zero attached hydrogens (tertiary/aromatic N) is 2. The number of phenolic OH excluding ortho intramolecular Hbond substituents is 1. The van der Waals surface area contributed by atoms with Crippen LogP contribution in [0.2, 0.25) is 5.02 Å². The van der Waals surface area contributed by atoms with E-state index >= 15 is 0 Å². The molecule has 102 valence electrons. The van der Waals surface area contributed by atoms with Crippen molar-refractivity contribution in [3.8, 4) is 11.5 Å². The molecule has 6 nitrogen and oxygen atoms in total. The van der Waals surface area contributed by atoms with Gasteiger partial charge >= 0.3 is 0 Å². The van der Waals surface area contributed by atoms with Gasteiger partial charge in [0.15, 0.2) is 0 Å². The first kappa shape index (κ1) is 13.8. The van der Waals surface area contributed by atoms with Gasteiger partial charge in [-0.1, -0.05) is 11.6 Å². The van der Waals surface area contributed by atoms with Gasteiger partial charge in [0.25, 0.3) is 5.69 Å². The topological polar surface area (TPSA) is 98.8 Å². The maximum atomic E-state index is 11.8. The molecule has 0 saturated carbocycles. The molecule has 0 atom stereocenters. The second kappa shape index (κ2) is 5.58. The van der Waals surface area contributed by atoms with E-state index in [4.69, 9.17) is 16.7 Å². The first-order chi connectivity index (χ1) is 9.47. The molecule has 0 aliphatic heterocycles. The van der Waals surface area contributed by atoms with Crippen molar-refractivity contribution in [3.05, 3.63) is 57.1 Å². The first-order valence-corrected chi connectivity index (χ1v) is 5.83. The molecule has 2 aromatic carbocycles. The van der Waals surface area contributed by atoms with Crippen LogP contribution in [0.25, 0.3) is 0 Å². The van der Waals surface area contributed by atoms with Crippen LogP contribution in [0, 0.1) is 10.1 Å². The van der Waals surface area contributed by atoms with Crippen LogP contribution in [0.15, 0.2) is 41.4 Å². The Labute approximate surface area is 118 Å². The maximum Gasteiger partial charge on any atom is 0.263 e. The van der Waals surface area contributed by atoms with Crippen molar-refractivity contribution in [3.63, 3.8) is 0 Å². The predicted molar refractivity (Wildman–Crippen MR) is 72.9 cm³/mol. The standard InChI is InChI=1S/C13H9ClN2O4/c14-9-5-8(13(18)12(6-9)16(19)20)7-15-10-1-3-11(17)4-2-10/h1-7,17-18H/p-1. The lowest BCUT2D eigenvalue weighted by Crippen LogP contribution is -2.02. The molecule has 0 radical (unpaired) electrons. The predicted octanol–water partition coefficient (Wildman–Crippen LogP) is 2.78. The lowest BCUT2D eigenvalue weighted by atomic mass is 10.2. The fourth-order valence-electron chi connectivity index (χ4n) is 1.51. The number of aromatic hydroxyl groups is 1. The van der Waals surface area contributed by atoms with Gasteiger partial charge in [0.2, 0.25) is 0 Å². The molecule has 20 heavy (non-hydrogen) atoms. The van der Waals surface area contributed by atoms with Crippen molar-refractivity contribution in [1.29, 1.82) is 0 Å². The zero-order chi connectivity index (χ0) is 14.7. The van der Waals surface area contributed by atoms with Crippen molar-refractivity contribution in [1.82, 2.24) is 0 Å². The zero-order valence-electron chi connectivity index (χ0n) is 9.99. The minimum atomic E-state index is -0.786. The Morgan fingerprint density at radius 3 is 2.50 bits per heavy atom. The molecule has 0 unspecified atom stereocenters. The Morgan fingerprint density at radius 2 is 1.90 bits per heavy atom. The van der Waals surface area contributed by atoms with Crippen molar-refractivity contribution >= 4 is 29.2 Å².